The summed E-state index contributed by atoms with van der Waals surface area (Å²) in [7, 11) is 0. The third-order valence-corrected chi connectivity index (χ3v) is 3.45. The Hall–Kier alpha value is -0.700. The molecule has 0 N–H and O–H groups in total. The van der Waals surface area contributed by atoms with Crippen LogP contribution in [0.3, 0.4) is 0 Å². The Morgan fingerprint density at radius 3 is 2.71 bits per heavy atom. The van der Waals surface area contributed by atoms with Gasteiger partial charge in [0.1, 0.15) is 11.6 Å². The smallest absolute Gasteiger partial charge is 0.137 e. The molecule has 0 spiro atoms. The molecule has 0 bridgehead atoms. The largest absolute Gasteiger partial charge is 0.299 e. The van der Waals surface area contributed by atoms with Crippen molar-refractivity contribution in [3.8, 4) is 0 Å². The van der Waals surface area contributed by atoms with E-state index in [4.69, 9.17) is 0 Å². The Morgan fingerprint density at radius 1 is 1.29 bits per heavy atom. The molecular weight excluding hydrogens is 283 g/mol. The summed E-state index contributed by atoms with van der Waals surface area (Å²) in [6, 6.07) is 4.47. The van der Waals surface area contributed by atoms with Crippen LogP contribution in [0.5, 0.6) is 0 Å². The topological polar surface area (TPSA) is 17.1 Å². The number of rotatable bonds is 7. The maximum Gasteiger partial charge on any atom is 0.137 e. The second-order valence-electron chi connectivity index (χ2n) is 4.26. The Kier molecular flexibility index (Phi) is 6.41. The van der Waals surface area contributed by atoms with E-state index in [-0.39, 0.29) is 11.6 Å². The minimum atomic E-state index is -0.281. The minimum absolute atomic E-state index is 0.230. The number of carbonyl (C=O) groups is 1. The van der Waals surface area contributed by atoms with Crippen molar-refractivity contribution in [2.24, 2.45) is 0 Å². The van der Waals surface area contributed by atoms with E-state index in [9.17, 15) is 9.18 Å². The Morgan fingerprint density at radius 2 is 2.06 bits per heavy atom. The molecule has 0 unspecified atom stereocenters. The van der Waals surface area contributed by atoms with Gasteiger partial charge in [0.25, 0.3) is 0 Å². The van der Waals surface area contributed by atoms with E-state index in [1.54, 1.807) is 6.07 Å². The molecule has 0 amide bonds. The molecule has 1 aromatic rings. The van der Waals surface area contributed by atoms with E-state index in [1.807, 2.05) is 0 Å². The van der Waals surface area contributed by atoms with Crippen LogP contribution in [-0.2, 0) is 11.2 Å². The number of unbranched alkanes of at least 4 members (excludes halogenated alkanes) is 3. The first-order valence-corrected chi connectivity index (χ1v) is 6.88. The molecule has 0 aliphatic heterocycles. The van der Waals surface area contributed by atoms with Crippen molar-refractivity contribution in [2.75, 3.05) is 0 Å². The van der Waals surface area contributed by atoms with Gasteiger partial charge >= 0.3 is 0 Å². The van der Waals surface area contributed by atoms with Crippen LogP contribution in [0.15, 0.2) is 22.7 Å². The van der Waals surface area contributed by atoms with E-state index in [1.165, 1.54) is 25.0 Å². The quantitative estimate of drug-likeness (QED) is 0.669. The van der Waals surface area contributed by atoms with E-state index in [2.05, 4.69) is 22.9 Å². The van der Waals surface area contributed by atoms with Crippen LogP contribution in [0.2, 0.25) is 0 Å². The fourth-order valence-corrected chi connectivity index (χ4v) is 2.21. The number of hydrogen-bond donors (Lipinski definition) is 0. The van der Waals surface area contributed by atoms with Crippen molar-refractivity contribution in [3.63, 3.8) is 0 Å². The summed E-state index contributed by atoms with van der Waals surface area (Å²) in [5.74, 6) is -0.0515. The van der Waals surface area contributed by atoms with Crippen molar-refractivity contribution < 1.29 is 9.18 Å². The lowest BCUT2D eigenvalue weighted by Crippen LogP contribution is -2.03. The third kappa shape index (κ3) is 5.44. The van der Waals surface area contributed by atoms with E-state index in [0.717, 1.165) is 18.4 Å². The highest BCUT2D eigenvalue weighted by molar-refractivity contribution is 9.10. The predicted molar refractivity (Wildman–Crippen MR) is 71.6 cm³/mol. The fraction of sp³-hybridized carbons (Fsp3) is 0.500. The molecule has 0 aromatic heterocycles. The van der Waals surface area contributed by atoms with Gasteiger partial charge in [0.05, 0.1) is 0 Å². The number of carbonyl (C=O) groups excluding carboxylic acids is 1. The fourth-order valence-electron chi connectivity index (χ4n) is 1.71. The standard InChI is InChI=1S/C14H18BrFO/c1-2-3-4-5-6-13(17)9-11-7-8-12(16)10-14(11)15/h7-8,10H,2-6,9H2,1H3. The van der Waals surface area contributed by atoms with Gasteiger partial charge < -0.3 is 0 Å². The zero-order chi connectivity index (χ0) is 12.7. The van der Waals surface area contributed by atoms with Gasteiger partial charge in [-0.25, -0.2) is 4.39 Å². The summed E-state index contributed by atoms with van der Waals surface area (Å²) < 4.78 is 13.5. The minimum Gasteiger partial charge on any atom is -0.299 e. The summed E-state index contributed by atoms with van der Waals surface area (Å²) in [5.41, 5.74) is 0.867. The van der Waals surface area contributed by atoms with Gasteiger partial charge in [-0.1, -0.05) is 48.2 Å². The van der Waals surface area contributed by atoms with Crippen LogP contribution in [0, 0.1) is 5.82 Å². The van der Waals surface area contributed by atoms with Crippen LogP contribution in [0.4, 0.5) is 4.39 Å². The van der Waals surface area contributed by atoms with Crippen molar-refractivity contribution in [2.45, 2.75) is 45.4 Å². The van der Waals surface area contributed by atoms with Gasteiger partial charge in [-0.05, 0) is 24.1 Å². The maximum absolute atomic E-state index is 12.9. The summed E-state index contributed by atoms with van der Waals surface area (Å²) in [5, 5.41) is 0. The lowest BCUT2D eigenvalue weighted by atomic mass is 10.0. The highest BCUT2D eigenvalue weighted by Gasteiger charge is 2.07. The molecule has 0 aliphatic rings. The molecule has 17 heavy (non-hydrogen) atoms. The molecule has 0 saturated heterocycles. The van der Waals surface area contributed by atoms with Gasteiger partial charge in [-0.15, -0.1) is 0 Å². The summed E-state index contributed by atoms with van der Waals surface area (Å²) in [6.07, 6.45) is 5.47. The first-order chi connectivity index (χ1) is 8.13. The monoisotopic (exact) mass is 300 g/mol. The highest BCUT2D eigenvalue weighted by Crippen LogP contribution is 2.19. The molecule has 1 rings (SSSR count). The Bertz CT molecular complexity index is 376. The van der Waals surface area contributed by atoms with Gasteiger partial charge in [-0.3, -0.25) is 4.79 Å². The summed E-state index contributed by atoms with van der Waals surface area (Å²) in [6.45, 7) is 2.15. The number of ketones is 1. The molecule has 0 fully saturated rings. The average molecular weight is 301 g/mol. The van der Waals surface area contributed by atoms with Crippen molar-refractivity contribution in [1.29, 1.82) is 0 Å². The van der Waals surface area contributed by atoms with Crippen LogP contribution >= 0.6 is 15.9 Å². The lowest BCUT2D eigenvalue weighted by molar-refractivity contribution is -0.118. The SMILES string of the molecule is CCCCCCC(=O)Cc1ccc(F)cc1Br. The number of Topliss-reactive ketones (excluding diaryl/α,β-unsaturated/α-hetero) is 1. The summed E-state index contributed by atoms with van der Waals surface area (Å²) >= 11 is 3.28. The maximum atomic E-state index is 12.9. The first kappa shape index (κ1) is 14.4. The van der Waals surface area contributed by atoms with Crippen LogP contribution in [0.25, 0.3) is 0 Å². The van der Waals surface area contributed by atoms with Crippen molar-refractivity contribution in [3.05, 3.63) is 34.1 Å². The second kappa shape index (κ2) is 7.59. The Balaban J connectivity index is 2.40. The highest BCUT2D eigenvalue weighted by atomic mass is 79.9. The molecule has 0 atom stereocenters. The van der Waals surface area contributed by atoms with Crippen LogP contribution in [-0.4, -0.2) is 5.78 Å². The third-order valence-electron chi connectivity index (χ3n) is 2.71. The van der Waals surface area contributed by atoms with Crippen LogP contribution in [0.1, 0.15) is 44.6 Å². The normalized spacial score (nSPS) is 10.5. The molecule has 3 heteroatoms. The lowest BCUT2D eigenvalue weighted by Gasteiger charge is -2.04. The van der Waals surface area contributed by atoms with Crippen molar-refractivity contribution in [1.82, 2.24) is 0 Å². The molecule has 0 heterocycles. The Labute approximate surface area is 111 Å². The molecule has 0 aliphatic carbocycles. The number of benzene rings is 1. The van der Waals surface area contributed by atoms with E-state index < -0.39 is 0 Å². The molecule has 0 radical (unpaired) electrons. The van der Waals surface area contributed by atoms with Gasteiger partial charge in [0, 0.05) is 17.3 Å². The summed E-state index contributed by atoms with van der Waals surface area (Å²) in [4.78, 5) is 11.7. The van der Waals surface area contributed by atoms with Gasteiger partial charge in [0.15, 0.2) is 0 Å². The van der Waals surface area contributed by atoms with Gasteiger partial charge in [-0.2, -0.15) is 0 Å². The number of halogens is 2. The molecule has 94 valence electrons. The average Bonchev–Trinajstić information content (AvgIpc) is 2.28. The molecular formula is C14H18BrFO. The number of hydrogen-bond acceptors (Lipinski definition) is 1. The zero-order valence-electron chi connectivity index (χ0n) is 10.1. The predicted octanol–water partition coefficient (Wildman–Crippen LogP) is 4.67. The second-order valence-corrected chi connectivity index (χ2v) is 5.12. The molecule has 0 saturated carbocycles. The molecule has 1 aromatic carbocycles. The van der Waals surface area contributed by atoms with E-state index >= 15 is 0 Å². The first-order valence-electron chi connectivity index (χ1n) is 6.09. The van der Waals surface area contributed by atoms with Gasteiger partial charge in [0.2, 0.25) is 0 Å². The zero-order valence-corrected chi connectivity index (χ0v) is 11.7. The molecule has 1 nitrogen and oxygen atoms in total. The van der Waals surface area contributed by atoms with E-state index in [0.29, 0.717) is 17.3 Å². The van der Waals surface area contributed by atoms with Crippen molar-refractivity contribution >= 4 is 21.7 Å². The van der Waals surface area contributed by atoms with Crippen LogP contribution < -0.4 is 0 Å².